The number of carbonyl (C=O) groups is 1. The van der Waals surface area contributed by atoms with E-state index in [1.807, 2.05) is 0 Å². The molecule has 2 aromatic rings. The molecule has 156 valence electrons. The smallest absolute Gasteiger partial charge is 0.260 e. The zero-order chi connectivity index (χ0) is 21.6. The highest BCUT2D eigenvalue weighted by molar-refractivity contribution is 9.10. The number of carbonyl (C=O) groups excluding carboxylic acids is 1. The first-order chi connectivity index (χ1) is 13.7. The van der Waals surface area contributed by atoms with Gasteiger partial charge in [-0.05, 0) is 57.9 Å². The maximum atomic E-state index is 12.2. The van der Waals surface area contributed by atoms with E-state index in [0.29, 0.717) is 27.2 Å². The average molecular weight is 549 g/mol. The lowest BCUT2D eigenvalue weighted by Crippen LogP contribution is -2.39. The molecule has 8 nitrogen and oxygen atoms in total. The van der Waals surface area contributed by atoms with Gasteiger partial charge in [-0.2, -0.15) is 5.10 Å². The molecule has 0 heterocycles. The number of methoxy groups -OCH3 is 2. The number of nitrogens with one attached hydrogen (secondary N) is 1. The fourth-order valence-electron chi connectivity index (χ4n) is 2.36. The first kappa shape index (κ1) is 23.2. The predicted molar refractivity (Wildman–Crippen MR) is 119 cm³/mol. The topological polar surface area (TPSA) is 97.3 Å². The van der Waals surface area contributed by atoms with Crippen LogP contribution < -0.4 is 19.2 Å². The van der Waals surface area contributed by atoms with Crippen LogP contribution in [0.4, 0.5) is 5.69 Å². The number of hydrogen-bond donors (Lipinski definition) is 1. The molecule has 11 heteroatoms. The van der Waals surface area contributed by atoms with Crippen LogP contribution in [0.5, 0.6) is 11.5 Å². The van der Waals surface area contributed by atoms with Crippen molar-refractivity contribution in [2.45, 2.75) is 0 Å². The number of nitrogens with zero attached hydrogens (tertiary/aromatic N) is 2. The first-order valence-electron chi connectivity index (χ1n) is 8.12. The highest BCUT2D eigenvalue weighted by Gasteiger charge is 2.20. The number of hydrazone groups is 1. The van der Waals surface area contributed by atoms with Crippen LogP contribution in [0.1, 0.15) is 5.56 Å². The minimum Gasteiger partial charge on any atom is -0.493 e. The van der Waals surface area contributed by atoms with Crippen molar-refractivity contribution >= 4 is 59.7 Å². The second kappa shape index (κ2) is 10.1. The van der Waals surface area contributed by atoms with E-state index in [1.165, 1.54) is 20.4 Å². The van der Waals surface area contributed by atoms with Crippen molar-refractivity contribution in [3.63, 3.8) is 0 Å². The molecule has 0 unspecified atom stereocenters. The summed E-state index contributed by atoms with van der Waals surface area (Å²) < 4.78 is 37.1. The zero-order valence-electron chi connectivity index (χ0n) is 15.8. The maximum Gasteiger partial charge on any atom is 0.260 e. The Balaban J connectivity index is 2.11. The van der Waals surface area contributed by atoms with Crippen LogP contribution >= 0.6 is 31.9 Å². The SMILES string of the molecule is COc1cc(/C=N\NC(=O)CN(c2ccc(Br)cc2)S(C)(=O)=O)cc(Br)c1OC. The largest absolute Gasteiger partial charge is 0.493 e. The van der Waals surface area contributed by atoms with Crippen LogP contribution in [-0.2, 0) is 14.8 Å². The van der Waals surface area contributed by atoms with E-state index in [0.717, 1.165) is 15.0 Å². The highest BCUT2D eigenvalue weighted by atomic mass is 79.9. The molecule has 0 bridgehead atoms. The Labute approximate surface area is 186 Å². The summed E-state index contributed by atoms with van der Waals surface area (Å²) in [6, 6.07) is 10.0. The number of ether oxygens (including phenoxy) is 2. The lowest BCUT2D eigenvalue weighted by Gasteiger charge is -2.21. The first-order valence-corrected chi connectivity index (χ1v) is 11.6. The van der Waals surface area contributed by atoms with Crippen molar-refractivity contribution in [1.82, 2.24) is 5.43 Å². The molecule has 1 N–H and O–H groups in total. The zero-order valence-corrected chi connectivity index (χ0v) is 19.8. The monoisotopic (exact) mass is 547 g/mol. The van der Waals surface area contributed by atoms with E-state index >= 15 is 0 Å². The fraction of sp³-hybridized carbons (Fsp3) is 0.222. The molecular weight excluding hydrogens is 530 g/mol. The minimum absolute atomic E-state index is 0.374. The summed E-state index contributed by atoms with van der Waals surface area (Å²) in [5.41, 5.74) is 3.34. The summed E-state index contributed by atoms with van der Waals surface area (Å²) in [4.78, 5) is 12.2. The normalized spacial score (nSPS) is 11.3. The van der Waals surface area contributed by atoms with Crippen molar-refractivity contribution < 1.29 is 22.7 Å². The number of hydrogen-bond acceptors (Lipinski definition) is 6. The summed E-state index contributed by atoms with van der Waals surface area (Å²) in [6.45, 7) is -0.409. The molecule has 0 aliphatic carbocycles. The van der Waals surface area contributed by atoms with Crippen molar-refractivity contribution in [1.29, 1.82) is 0 Å². The van der Waals surface area contributed by atoms with Crippen molar-refractivity contribution in [3.05, 3.63) is 50.9 Å². The Bertz CT molecular complexity index is 1010. The predicted octanol–water partition coefficient (Wildman–Crippen LogP) is 3.15. The van der Waals surface area contributed by atoms with Gasteiger partial charge in [0.25, 0.3) is 5.91 Å². The highest BCUT2D eigenvalue weighted by Crippen LogP contribution is 2.35. The van der Waals surface area contributed by atoms with Gasteiger partial charge in [-0.1, -0.05) is 15.9 Å². The molecule has 29 heavy (non-hydrogen) atoms. The third-order valence-electron chi connectivity index (χ3n) is 3.66. The Kier molecular flexibility index (Phi) is 8.05. The Morgan fingerprint density at radius 2 is 1.83 bits per heavy atom. The summed E-state index contributed by atoms with van der Waals surface area (Å²) in [5, 5.41) is 3.89. The number of sulfonamides is 1. The average Bonchev–Trinajstić information content (AvgIpc) is 2.65. The third kappa shape index (κ3) is 6.44. The number of rotatable bonds is 8. The molecule has 0 spiro atoms. The van der Waals surface area contributed by atoms with Gasteiger partial charge in [-0.25, -0.2) is 13.8 Å². The molecule has 2 aromatic carbocycles. The molecule has 0 radical (unpaired) electrons. The maximum absolute atomic E-state index is 12.2. The Morgan fingerprint density at radius 1 is 1.17 bits per heavy atom. The fourth-order valence-corrected chi connectivity index (χ4v) is 4.11. The molecule has 0 atom stereocenters. The second-order valence-corrected chi connectivity index (χ2v) is 9.45. The van der Waals surface area contributed by atoms with Crippen LogP contribution in [0.2, 0.25) is 0 Å². The van der Waals surface area contributed by atoms with Gasteiger partial charge in [-0.3, -0.25) is 9.10 Å². The standard InChI is InChI=1S/C18H19Br2N3O5S/c1-27-16-9-12(8-15(20)18(16)28-2)10-21-22-17(24)11-23(29(3,25)26)14-6-4-13(19)5-7-14/h4-10H,11H2,1-3H3,(H,22,24)/b21-10-. The molecular formula is C18H19Br2N3O5S. The van der Waals surface area contributed by atoms with Gasteiger partial charge >= 0.3 is 0 Å². The Hall–Kier alpha value is -2.11. The van der Waals surface area contributed by atoms with E-state index in [2.05, 4.69) is 42.4 Å². The molecule has 0 aromatic heterocycles. The van der Waals surface area contributed by atoms with Gasteiger partial charge in [0.05, 0.1) is 36.9 Å². The van der Waals surface area contributed by atoms with Gasteiger partial charge in [0, 0.05) is 4.47 Å². The van der Waals surface area contributed by atoms with Crippen LogP contribution in [-0.4, -0.2) is 47.6 Å². The molecule has 0 saturated carbocycles. The third-order valence-corrected chi connectivity index (χ3v) is 5.92. The molecule has 2 rings (SSSR count). The summed E-state index contributed by atoms with van der Waals surface area (Å²) >= 11 is 6.66. The van der Waals surface area contributed by atoms with Gasteiger partial charge < -0.3 is 9.47 Å². The number of amides is 1. The van der Waals surface area contributed by atoms with E-state index in [1.54, 1.807) is 36.4 Å². The number of anilines is 1. The quantitative estimate of drug-likeness (QED) is 0.404. The van der Waals surface area contributed by atoms with Gasteiger partial charge in [-0.15, -0.1) is 0 Å². The lowest BCUT2D eigenvalue weighted by molar-refractivity contribution is -0.119. The van der Waals surface area contributed by atoms with Crippen LogP contribution in [0, 0.1) is 0 Å². The summed E-state index contributed by atoms with van der Waals surface area (Å²) in [5.74, 6) is 0.439. The molecule has 0 saturated heterocycles. The van der Waals surface area contributed by atoms with Crippen molar-refractivity contribution in [3.8, 4) is 11.5 Å². The second-order valence-electron chi connectivity index (χ2n) is 5.78. The van der Waals surface area contributed by atoms with Gasteiger partial charge in [0.2, 0.25) is 10.0 Å². The van der Waals surface area contributed by atoms with Gasteiger partial charge in [0.15, 0.2) is 11.5 Å². The lowest BCUT2D eigenvalue weighted by atomic mass is 10.2. The van der Waals surface area contributed by atoms with E-state index in [-0.39, 0.29) is 0 Å². The van der Waals surface area contributed by atoms with Crippen molar-refractivity contribution in [2.75, 3.05) is 31.3 Å². The summed E-state index contributed by atoms with van der Waals surface area (Å²) in [6.07, 6.45) is 2.45. The van der Waals surface area contributed by atoms with Gasteiger partial charge in [0.1, 0.15) is 6.54 Å². The van der Waals surface area contributed by atoms with E-state index in [4.69, 9.17) is 9.47 Å². The minimum atomic E-state index is -3.66. The number of benzene rings is 2. The van der Waals surface area contributed by atoms with Crippen molar-refractivity contribution in [2.24, 2.45) is 5.10 Å². The molecule has 0 fully saturated rings. The molecule has 1 amide bonds. The summed E-state index contributed by atoms with van der Waals surface area (Å²) in [7, 11) is -0.625. The number of halogens is 2. The van der Waals surface area contributed by atoms with Crippen LogP contribution in [0.25, 0.3) is 0 Å². The molecule has 0 aliphatic rings. The van der Waals surface area contributed by atoms with Crippen LogP contribution in [0.15, 0.2) is 50.4 Å². The van der Waals surface area contributed by atoms with E-state index in [9.17, 15) is 13.2 Å². The van der Waals surface area contributed by atoms with E-state index < -0.39 is 22.5 Å². The van der Waals surface area contributed by atoms with Crippen LogP contribution in [0.3, 0.4) is 0 Å². The molecule has 0 aliphatic heterocycles. The Morgan fingerprint density at radius 3 is 2.38 bits per heavy atom.